The van der Waals surface area contributed by atoms with E-state index in [9.17, 15) is 4.79 Å². The van der Waals surface area contributed by atoms with Crippen LogP contribution in [0.5, 0.6) is 0 Å². The van der Waals surface area contributed by atoms with Gasteiger partial charge in [-0.05, 0) is 13.3 Å². The number of rotatable bonds is 2. The van der Waals surface area contributed by atoms with E-state index in [2.05, 4.69) is 10.3 Å². The van der Waals surface area contributed by atoms with Crippen LogP contribution in [0, 0.1) is 6.92 Å². The Morgan fingerprint density at radius 2 is 2.54 bits per heavy atom. The predicted octanol–water partition coefficient (Wildman–Crippen LogP) is -0.188. The number of amides is 1. The molecule has 1 fully saturated rings. The minimum atomic E-state index is -0.286. The second kappa shape index (κ2) is 2.85. The third-order valence-electron chi connectivity index (χ3n) is 1.97. The fourth-order valence-electron chi connectivity index (χ4n) is 1.07. The molecule has 1 aromatic heterocycles. The lowest BCUT2D eigenvalue weighted by atomic mass is 10.5. The number of oxazole rings is 1. The van der Waals surface area contributed by atoms with Crippen LogP contribution in [0.25, 0.3) is 0 Å². The van der Waals surface area contributed by atoms with Crippen molar-refractivity contribution in [2.75, 3.05) is 0 Å². The van der Waals surface area contributed by atoms with Gasteiger partial charge in [0.1, 0.15) is 6.26 Å². The summed E-state index contributed by atoms with van der Waals surface area (Å²) in [6, 6.07) is 0.194. The second-order valence-corrected chi connectivity index (χ2v) is 3.27. The fourth-order valence-corrected chi connectivity index (χ4v) is 1.07. The maximum Gasteiger partial charge on any atom is 0.307 e. The summed E-state index contributed by atoms with van der Waals surface area (Å²) >= 11 is 0. The number of aromatic nitrogens is 1. The molecule has 0 radical (unpaired) electrons. The summed E-state index contributed by atoms with van der Waals surface area (Å²) in [5, 5.41) is 2.71. The van der Waals surface area contributed by atoms with Crippen molar-refractivity contribution < 1.29 is 9.21 Å². The highest BCUT2D eigenvalue weighted by Crippen LogP contribution is 2.18. The lowest BCUT2D eigenvalue weighted by Crippen LogP contribution is -2.29. The van der Waals surface area contributed by atoms with Crippen LogP contribution in [0.1, 0.15) is 22.8 Å². The van der Waals surface area contributed by atoms with Crippen LogP contribution < -0.4 is 11.1 Å². The van der Waals surface area contributed by atoms with Gasteiger partial charge in [0, 0.05) is 12.1 Å². The Balaban J connectivity index is 1.97. The Labute approximate surface area is 75.3 Å². The number of hydrogen-bond donors (Lipinski definition) is 2. The van der Waals surface area contributed by atoms with Gasteiger partial charge in [0.15, 0.2) is 0 Å². The molecule has 13 heavy (non-hydrogen) atoms. The first kappa shape index (κ1) is 8.25. The van der Waals surface area contributed by atoms with Crippen molar-refractivity contribution in [2.24, 2.45) is 5.73 Å². The summed E-state index contributed by atoms with van der Waals surface area (Å²) in [6.07, 6.45) is 2.28. The molecule has 5 nitrogen and oxygen atoms in total. The van der Waals surface area contributed by atoms with Gasteiger partial charge >= 0.3 is 5.91 Å². The highest BCUT2D eigenvalue weighted by atomic mass is 16.4. The highest BCUT2D eigenvalue weighted by molar-refractivity contribution is 5.90. The van der Waals surface area contributed by atoms with Gasteiger partial charge in [-0.3, -0.25) is 4.79 Å². The van der Waals surface area contributed by atoms with Crippen LogP contribution in [-0.4, -0.2) is 23.0 Å². The van der Waals surface area contributed by atoms with Crippen molar-refractivity contribution in [3.8, 4) is 0 Å². The van der Waals surface area contributed by atoms with Crippen molar-refractivity contribution in [1.82, 2.24) is 10.3 Å². The number of nitrogens with two attached hydrogens (primary N) is 1. The van der Waals surface area contributed by atoms with Gasteiger partial charge in [-0.15, -0.1) is 0 Å². The van der Waals surface area contributed by atoms with Crippen LogP contribution >= 0.6 is 0 Å². The number of aryl methyl sites for hydroxylation is 1. The molecule has 2 unspecified atom stereocenters. The van der Waals surface area contributed by atoms with E-state index < -0.39 is 0 Å². The Bertz CT molecular complexity index is 334. The molecule has 0 bridgehead atoms. The van der Waals surface area contributed by atoms with Crippen LogP contribution in [0.3, 0.4) is 0 Å². The molecule has 3 N–H and O–H groups in total. The monoisotopic (exact) mass is 181 g/mol. The molecule has 1 saturated carbocycles. The number of nitrogens with zero attached hydrogens (tertiary/aromatic N) is 1. The third-order valence-corrected chi connectivity index (χ3v) is 1.97. The number of carbonyl (C=O) groups excluding carboxylic acids is 1. The zero-order chi connectivity index (χ0) is 9.42. The zero-order valence-corrected chi connectivity index (χ0v) is 7.28. The quantitative estimate of drug-likeness (QED) is 0.662. The zero-order valence-electron chi connectivity index (χ0n) is 7.28. The first-order valence-corrected chi connectivity index (χ1v) is 4.15. The molecule has 0 aliphatic heterocycles. The van der Waals surface area contributed by atoms with Crippen LogP contribution in [0.2, 0.25) is 0 Å². The average Bonchev–Trinajstić information content (AvgIpc) is 2.62. The number of nitrogens with one attached hydrogen (secondary N) is 1. The number of hydrogen-bond acceptors (Lipinski definition) is 4. The van der Waals surface area contributed by atoms with Crippen molar-refractivity contribution in [1.29, 1.82) is 0 Å². The smallest absolute Gasteiger partial charge is 0.307 e. The highest BCUT2D eigenvalue weighted by Gasteiger charge is 2.35. The van der Waals surface area contributed by atoms with E-state index >= 15 is 0 Å². The maximum atomic E-state index is 11.3. The SMILES string of the molecule is Cc1coc(C(=O)NC2CC2N)n1. The first-order valence-electron chi connectivity index (χ1n) is 4.15. The Morgan fingerprint density at radius 1 is 1.85 bits per heavy atom. The summed E-state index contributed by atoms with van der Waals surface area (Å²) in [7, 11) is 0. The van der Waals surface area contributed by atoms with Gasteiger partial charge in [-0.2, -0.15) is 0 Å². The molecule has 0 aromatic carbocycles. The Morgan fingerprint density at radius 3 is 3.00 bits per heavy atom. The molecule has 2 atom stereocenters. The van der Waals surface area contributed by atoms with Gasteiger partial charge in [0.25, 0.3) is 5.89 Å². The summed E-state index contributed by atoms with van der Waals surface area (Å²) in [5.74, 6) is -0.178. The van der Waals surface area contributed by atoms with E-state index in [1.807, 2.05) is 0 Å². The van der Waals surface area contributed by atoms with E-state index in [4.69, 9.17) is 10.2 Å². The standard InChI is InChI=1S/C8H11N3O2/c1-4-3-13-8(10-4)7(12)11-6-2-5(6)9/h3,5-6H,2,9H2,1H3,(H,11,12). The molecule has 0 saturated heterocycles. The molecule has 1 aliphatic carbocycles. The lowest BCUT2D eigenvalue weighted by Gasteiger charge is -1.97. The molecule has 1 heterocycles. The Hall–Kier alpha value is -1.36. The molecule has 0 spiro atoms. The van der Waals surface area contributed by atoms with E-state index in [-0.39, 0.29) is 23.9 Å². The van der Waals surface area contributed by atoms with E-state index in [0.717, 1.165) is 6.42 Å². The van der Waals surface area contributed by atoms with Gasteiger partial charge in [0.05, 0.1) is 5.69 Å². The van der Waals surface area contributed by atoms with Gasteiger partial charge < -0.3 is 15.5 Å². The molecule has 70 valence electrons. The third kappa shape index (κ3) is 1.70. The average molecular weight is 181 g/mol. The number of carbonyl (C=O) groups is 1. The largest absolute Gasteiger partial charge is 0.441 e. The first-order chi connectivity index (χ1) is 6.16. The summed E-state index contributed by atoms with van der Waals surface area (Å²) in [6.45, 7) is 1.77. The van der Waals surface area contributed by atoms with Crippen molar-refractivity contribution in [3.63, 3.8) is 0 Å². The molecule has 5 heteroatoms. The van der Waals surface area contributed by atoms with E-state index in [1.165, 1.54) is 6.26 Å². The normalized spacial score (nSPS) is 25.7. The summed E-state index contributed by atoms with van der Waals surface area (Å²) in [5.41, 5.74) is 6.23. The van der Waals surface area contributed by atoms with Crippen LogP contribution in [-0.2, 0) is 0 Å². The fraction of sp³-hybridized carbons (Fsp3) is 0.500. The van der Waals surface area contributed by atoms with Crippen molar-refractivity contribution in [3.05, 3.63) is 17.8 Å². The molecular formula is C8H11N3O2. The minimum Gasteiger partial charge on any atom is -0.441 e. The lowest BCUT2D eigenvalue weighted by molar-refractivity contribution is 0.0915. The maximum absolute atomic E-state index is 11.3. The molecule has 2 rings (SSSR count). The summed E-state index contributed by atoms with van der Waals surface area (Å²) < 4.78 is 4.93. The predicted molar refractivity (Wildman–Crippen MR) is 45.1 cm³/mol. The topological polar surface area (TPSA) is 81.2 Å². The second-order valence-electron chi connectivity index (χ2n) is 3.27. The molecule has 1 aliphatic rings. The van der Waals surface area contributed by atoms with Gasteiger partial charge in [-0.25, -0.2) is 4.98 Å². The van der Waals surface area contributed by atoms with E-state index in [1.54, 1.807) is 6.92 Å². The van der Waals surface area contributed by atoms with Crippen molar-refractivity contribution >= 4 is 5.91 Å². The van der Waals surface area contributed by atoms with Gasteiger partial charge in [-0.1, -0.05) is 0 Å². The van der Waals surface area contributed by atoms with E-state index in [0.29, 0.717) is 5.69 Å². The minimum absolute atomic E-state index is 0.0970. The molecule has 1 amide bonds. The molecular weight excluding hydrogens is 170 g/mol. The van der Waals surface area contributed by atoms with Crippen LogP contribution in [0.15, 0.2) is 10.7 Å². The van der Waals surface area contributed by atoms with Crippen LogP contribution in [0.4, 0.5) is 0 Å². The molecule has 1 aromatic rings. The Kier molecular flexibility index (Phi) is 1.81. The summed E-state index contributed by atoms with van der Waals surface area (Å²) in [4.78, 5) is 15.2. The van der Waals surface area contributed by atoms with Crippen molar-refractivity contribution in [2.45, 2.75) is 25.4 Å². The van der Waals surface area contributed by atoms with Gasteiger partial charge in [0.2, 0.25) is 0 Å².